The van der Waals surface area contributed by atoms with E-state index in [4.69, 9.17) is 5.11 Å². The fourth-order valence-corrected chi connectivity index (χ4v) is 2.86. The topological polar surface area (TPSA) is 74.9 Å². The highest BCUT2D eigenvalue weighted by Gasteiger charge is 2.27. The van der Waals surface area contributed by atoms with Crippen LogP contribution >= 0.6 is 0 Å². The second-order valence-corrected chi connectivity index (χ2v) is 5.87. The summed E-state index contributed by atoms with van der Waals surface area (Å²) < 4.78 is 1.91. The average molecular weight is 301 g/mol. The highest BCUT2D eigenvalue weighted by Crippen LogP contribution is 2.18. The zero-order valence-corrected chi connectivity index (χ0v) is 12.5. The lowest BCUT2D eigenvalue weighted by atomic mass is 9.97. The number of carboxylic acids is 1. The molecule has 2 aromatic rings. The van der Waals surface area contributed by atoms with Gasteiger partial charge in [0.25, 0.3) is 0 Å². The molecule has 0 unspecified atom stereocenters. The minimum atomic E-state index is -0.761. The van der Waals surface area contributed by atoms with Crippen molar-refractivity contribution in [1.82, 2.24) is 14.3 Å². The molecule has 0 bridgehead atoms. The van der Waals surface area contributed by atoms with Gasteiger partial charge in [-0.1, -0.05) is 0 Å². The Labute approximate surface area is 128 Å². The number of carbonyl (C=O) groups is 2. The summed E-state index contributed by atoms with van der Waals surface area (Å²) in [6.07, 6.45) is 5.13. The van der Waals surface area contributed by atoms with Crippen LogP contribution in [0.4, 0.5) is 0 Å². The summed E-state index contributed by atoms with van der Waals surface area (Å²) in [5, 5.41) is 8.99. The van der Waals surface area contributed by atoms with Crippen molar-refractivity contribution < 1.29 is 14.7 Å². The van der Waals surface area contributed by atoms with E-state index < -0.39 is 5.97 Å². The van der Waals surface area contributed by atoms with Crippen molar-refractivity contribution in [2.24, 2.45) is 5.92 Å². The number of piperidine rings is 1. The average Bonchev–Trinajstić information content (AvgIpc) is 2.88. The van der Waals surface area contributed by atoms with Gasteiger partial charge in [-0.05, 0) is 37.5 Å². The lowest BCUT2D eigenvalue weighted by Gasteiger charge is -2.30. The van der Waals surface area contributed by atoms with Crippen LogP contribution in [0.5, 0.6) is 0 Å². The largest absolute Gasteiger partial charge is 0.481 e. The normalized spacial score (nSPS) is 16.1. The van der Waals surface area contributed by atoms with Gasteiger partial charge in [0.2, 0.25) is 5.91 Å². The first kappa shape index (κ1) is 14.6. The molecule has 0 saturated carbocycles. The number of likely N-dealkylation sites (tertiary alicyclic amines) is 1. The van der Waals surface area contributed by atoms with Crippen molar-refractivity contribution in [1.29, 1.82) is 0 Å². The molecule has 1 fully saturated rings. The molecule has 0 aromatic carbocycles. The molecule has 1 aliphatic rings. The number of aromatic nitrogens is 2. The van der Waals surface area contributed by atoms with Crippen LogP contribution in [0.2, 0.25) is 0 Å². The highest BCUT2D eigenvalue weighted by atomic mass is 16.4. The molecular weight excluding hydrogens is 282 g/mol. The Morgan fingerprint density at radius 2 is 2.09 bits per heavy atom. The third-order valence-corrected chi connectivity index (χ3v) is 4.19. The van der Waals surface area contributed by atoms with Crippen molar-refractivity contribution in [2.45, 2.75) is 26.2 Å². The molecule has 6 heteroatoms. The number of imidazole rings is 1. The zero-order valence-electron chi connectivity index (χ0n) is 12.5. The summed E-state index contributed by atoms with van der Waals surface area (Å²) in [5.41, 5.74) is 2.72. The van der Waals surface area contributed by atoms with Gasteiger partial charge in [-0.3, -0.25) is 9.59 Å². The molecule has 0 spiro atoms. The van der Waals surface area contributed by atoms with E-state index in [1.54, 1.807) is 4.90 Å². The lowest BCUT2D eigenvalue weighted by molar-refractivity contribution is -0.145. The van der Waals surface area contributed by atoms with Crippen LogP contribution in [-0.2, 0) is 16.0 Å². The van der Waals surface area contributed by atoms with Gasteiger partial charge in [-0.25, -0.2) is 4.98 Å². The predicted octanol–water partition coefficient (Wildman–Crippen LogP) is 1.51. The van der Waals surface area contributed by atoms with Gasteiger partial charge in [-0.2, -0.15) is 0 Å². The van der Waals surface area contributed by atoms with Gasteiger partial charge < -0.3 is 14.4 Å². The van der Waals surface area contributed by atoms with Crippen molar-refractivity contribution in [3.63, 3.8) is 0 Å². The maximum Gasteiger partial charge on any atom is 0.306 e. The van der Waals surface area contributed by atoms with Crippen molar-refractivity contribution in [2.75, 3.05) is 13.1 Å². The Bertz CT molecular complexity index is 714. The minimum absolute atomic E-state index is 0.0176. The van der Waals surface area contributed by atoms with E-state index >= 15 is 0 Å². The van der Waals surface area contributed by atoms with Gasteiger partial charge in [0.1, 0.15) is 5.65 Å². The SMILES string of the molecule is Cc1ccn2cc(CC(=O)N3CCC(C(=O)O)CC3)nc2c1. The van der Waals surface area contributed by atoms with Gasteiger partial charge in [-0.15, -0.1) is 0 Å². The molecule has 2 aromatic heterocycles. The van der Waals surface area contributed by atoms with Crippen molar-refractivity contribution in [3.8, 4) is 0 Å². The fourth-order valence-electron chi connectivity index (χ4n) is 2.86. The molecular formula is C16H19N3O3. The van der Waals surface area contributed by atoms with E-state index in [0.29, 0.717) is 25.9 Å². The van der Waals surface area contributed by atoms with Gasteiger partial charge in [0.05, 0.1) is 18.0 Å². The Balaban J connectivity index is 1.65. The number of amides is 1. The van der Waals surface area contributed by atoms with Crippen LogP contribution in [0.1, 0.15) is 24.1 Å². The Morgan fingerprint density at radius 1 is 1.36 bits per heavy atom. The highest BCUT2D eigenvalue weighted by molar-refractivity contribution is 5.79. The van der Waals surface area contributed by atoms with Gasteiger partial charge in [0.15, 0.2) is 0 Å². The second kappa shape index (κ2) is 5.79. The number of nitrogens with zero attached hydrogens (tertiary/aromatic N) is 3. The fraction of sp³-hybridized carbons (Fsp3) is 0.438. The molecule has 0 radical (unpaired) electrons. The summed E-state index contributed by atoms with van der Waals surface area (Å²) in [4.78, 5) is 29.5. The third-order valence-electron chi connectivity index (χ3n) is 4.19. The molecule has 3 heterocycles. The summed E-state index contributed by atoms with van der Waals surface area (Å²) in [5.74, 6) is -1.06. The number of aryl methyl sites for hydroxylation is 1. The molecule has 3 rings (SSSR count). The van der Waals surface area contributed by atoms with Crippen LogP contribution in [0, 0.1) is 12.8 Å². The molecule has 116 valence electrons. The van der Waals surface area contributed by atoms with E-state index in [-0.39, 0.29) is 18.2 Å². The first-order chi connectivity index (χ1) is 10.5. The second-order valence-electron chi connectivity index (χ2n) is 5.87. The molecule has 6 nitrogen and oxygen atoms in total. The van der Waals surface area contributed by atoms with Gasteiger partial charge >= 0.3 is 5.97 Å². The van der Waals surface area contributed by atoms with E-state index in [1.165, 1.54) is 0 Å². The van der Waals surface area contributed by atoms with Crippen LogP contribution in [-0.4, -0.2) is 44.4 Å². The Kier molecular flexibility index (Phi) is 3.83. The van der Waals surface area contributed by atoms with Gasteiger partial charge in [0, 0.05) is 25.5 Å². The van der Waals surface area contributed by atoms with E-state index in [0.717, 1.165) is 16.9 Å². The molecule has 1 aliphatic heterocycles. The van der Waals surface area contributed by atoms with Crippen LogP contribution in [0.25, 0.3) is 5.65 Å². The first-order valence-electron chi connectivity index (χ1n) is 7.48. The first-order valence-corrected chi connectivity index (χ1v) is 7.48. The maximum absolute atomic E-state index is 12.3. The molecule has 0 aliphatic carbocycles. The van der Waals surface area contributed by atoms with E-state index in [9.17, 15) is 9.59 Å². The molecule has 22 heavy (non-hydrogen) atoms. The monoisotopic (exact) mass is 301 g/mol. The number of hydrogen-bond acceptors (Lipinski definition) is 3. The van der Waals surface area contributed by atoms with Crippen molar-refractivity contribution >= 4 is 17.5 Å². The standard InChI is InChI=1S/C16H19N3O3/c1-11-2-5-19-10-13(17-14(19)8-11)9-15(20)18-6-3-12(4-7-18)16(21)22/h2,5,8,10,12H,3-4,6-7,9H2,1H3,(H,21,22). The molecule has 1 N–H and O–H groups in total. The van der Waals surface area contributed by atoms with Crippen LogP contribution in [0.3, 0.4) is 0 Å². The number of pyridine rings is 1. The maximum atomic E-state index is 12.3. The van der Waals surface area contributed by atoms with Crippen LogP contribution < -0.4 is 0 Å². The predicted molar refractivity (Wildman–Crippen MR) is 80.6 cm³/mol. The number of carbonyl (C=O) groups excluding carboxylic acids is 1. The molecule has 1 saturated heterocycles. The summed E-state index contributed by atoms with van der Waals surface area (Å²) in [6, 6.07) is 3.98. The number of aliphatic carboxylic acids is 1. The smallest absolute Gasteiger partial charge is 0.306 e. The molecule has 1 amide bonds. The van der Waals surface area contributed by atoms with Crippen LogP contribution in [0.15, 0.2) is 24.5 Å². The number of fused-ring (bicyclic) bond motifs is 1. The number of rotatable bonds is 3. The Morgan fingerprint density at radius 3 is 2.77 bits per heavy atom. The zero-order chi connectivity index (χ0) is 15.7. The van der Waals surface area contributed by atoms with E-state index in [1.807, 2.05) is 35.9 Å². The summed E-state index contributed by atoms with van der Waals surface area (Å²) in [6.45, 7) is 3.04. The molecule has 0 atom stereocenters. The summed E-state index contributed by atoms with van der Waals surface area (Å²) in [7, 11) is 0. The minimum Gasteiger partial charge on any atom is -0.481 e. The number of carboxylic acid groups (broad SMARTS) is 1. The summed E-state index contributed by atoms with van der Waals surface area (Å²) >= 11 is 0. The van der Waals surface area contributed by atoms with Crippen molar-refractivity contribution in [3.05, 3.63) is 35.8 Å². The third kappa shape index (κ3) is 2.95. The van der Waals surface area contributed by atoms with E-state index in [2.05, 4.69) is 4.98 Å². The quantitative estimate of drug-likeness (QED) is 0.932. The number of hydrogen-bond donors (Lipinski definition) is 1. The lowest BCUT2D eigenvalue weighted by Crippen LogP contribution is -2.41. The Hall–Kier alpha value is -2.37.